The van der Waals surface area contributed by atoms with Gasteiger partial charge in [-0.3, -0.25) is 4.90 Å². The van der Waals surface area contributed by atoms with E-state index in [1.165, 1.54) is 16.7 Å². The second-order valence-electron chi connectivity index (χ2n) is 9.83. The van der Waals surface area contributed by atoms with Crippen molar-refractivity contribution in [2.45, 2.75) is 59.6 Å². The van der Waals surface area contributed by atoms with Gasteiger partial charge in [0, 0.05) is 30.6 Å². The highest BCUT2D eigenvalue weighted by atomic mass is 31.0. The van der Waals surface area contributed by atoms with Gasteiger partial charge in [0.25, 0.3) is 0 Å². The van der Waals surface area contributed by atoms with E-state index < -0.39 is 5.60 Å². The molecule has 5 rings (SSSR count). The smallest absolute Gasteiger partial charge is 0.340 e. The number of piperidine rings is 1. The number of benzene rings is 3. The van der Waals surface area contributed by atoms with Crippen LogP contribution in [0.1, 0.15) is 57.2 Å². The molecular weight excluding hydrogens is 563 g/mol. The normalized spacial score (nSPS) is 16.8. The van der Waals surface area contributed by atoms with Gasteiger partial charge in [-0.15, -0.1) is 22.4 Å². The number of ether oxygens (including phenoxy) is 1. The maximum atomic E-state index is 13.2. The number of carbonyl (C=O) groups excluding carboxylic acids is 2. The largest absolute Gasteiger partial charge is 0.449 e. The minimum absolute atomic E-state index is 0.227. The lowest BCUT2D eigenvalue weighted by atomic mass is 9.89. The Labute approximate surface area is 268 Å². The summed E-state index contributed by atoms with van der Waals surface area (Å²) in [5.74, 6) is -0.227. The van der Waals surface area contributed by atoms with Gasteiger partial charge in [-0.1, -0.05) is 113 Å². The Morgan fingerprint density at radius 2 is 1.52 bits per heavy atom. The van der Waals surface area contributed by atoms with Gasteiger partial charge >= 0.3 is 5.97 Å². The van der Waals surface area contributed by atoms with Crippen molar-refractivity contribution in [3.8, 4) is 11.1 Å². The van der Waals surface area contributed by atoms with E-state index in [0.717, 1.165) is 54.6 Å². The molecule has 236 valence electrons. The summed E-state index contributed by atoms with van der Waals surface area (Å²) in [4.78, 5) is 23.5. The molecule has 0 aromatic heterocycles. The first-order valence-corrected chi connectivity index (χ1v) is 15.9. The molecule has 0 amide bonds. The molecule has 5 nitrogen and oxygen atoms in total. The van der Waals surface area contributed by atoms with E-state index in [0.29, 0.717) is 12.1 Å². The van der Waals surface area contributed by atoms with Crippen molar-refractivity contribution in [1.82, 2.24) is 10.2 Å². The van der Waals surface area contributed by atoms with Crippen molar-refractivity contribution in [2.24, 2.45) is 0 Å². The number of aryl methyl sites for hydroxylation is 1. The summed E-state index contributed by atoms with van der Waals surface area (Å²) in [7, 11) is 2.85. The zero-order chi connectivity index (χ0) is 33.1. The summed E-state index contributed by atoms with van der Waals surface area (Å²) in [6.45, 7) is 25.5. The molecule has 1 spiro atoms. The number of hydrogen-bond acceptors (Lipinski definition) is 5. The van der Waals surface area contributed by atoms with Gasteiger partial charge < -0.3 is 14.8 Å². The van der Waals surface area contributed by atoms with E-state index >= 15 is 0 Å². The van der Waals surface area contributed by atoms with Crippen molar-refractivity contribution < 1.29 is 14.3 Å². The van der Waals surface area contributed by atoms with Crippen LogP contribution in [0.3, 0.4) is 0 Å². The van der Waals surface area contributed by atoms with Gasteiger partial charge in [0.2, 0.25) is 0 Å². The predicted molar refractivity (Wildman–Crippen MR) is 191 cm³/mol. The number of nitrogens with one attached hydrogen (secondary N) is 1. The van der Waals surface area contributed by atoms with Crippen LogP contribution in [-0.4, -0.2) is 42.9 Å². The molecule has 2 aliphatic rings. The summed E-state index contributed by atoms with van der Waals surface area (Å²) in [6.07, 6.45) is 1.80. The van der Waals surface area contributed by atoms with Crippen LogP contribution in [0, 0.1) is 6.92 Å². The van der Waals surface area contributed by atoms with E-state index in [1.54, 1.807) is 0 Å². The predicted octanol–water partition coefficient (Wildman–Crippen LogP) is 8.61. The lowest BCUT2D eigenvalue weighted by Gasteiger charge is -2.40. The van der Waals surface area contributed by atoms with E-state index in [-0.39, 0.29) is 5.97 Å². The van der Waals surface area contributed by atoms with E-state index in [1.807, 2.05) is 76.9 Å². The summed E-state index contributed by atoms with van der Waals surface area (Å²) >= 11 is 0. The number of carbonyl (C=O) groups is 2. The molecule has 44 heavy (non-hydrogen) atoms. The van der Waals surface area contributed by atoms with Crippen molar-refractivity contribution in [3.63, 3.8) is 0 Å². The Balaban J connectivity index is 0.00000112. The zero-order valence-corrected chi connectivity index (χ0v) is 28.5. The molecule has 3 aromatic carbocycles. The molecule has 0 saturated carbocycles. The minimum Gasteiger partial charge on any atom is -0.449 e. The number of likely N-dealkylation sites (tertiary alicyclic amines) is 1. The Hall–Kier alpha value is -3.79. The van der Waals surface area contributed by atoms with Crippen LogP contribution in [-0.2, 0) is 20.9 Å². The fourth-order valence-electron chi connectivity index (χ4n) is 5.35. The Morgan fingerprint density at radius 3 is 2.11 bits per heavy atom. The summed E-state index contributed by atoms with van der Waals surface area (Å²) in [5.41, 5.74) is 6.71. The van der Waals surface area contributed by atoms with Gasteiger partial charge in [-0.25, -0.2) is 4.79 Å². The summed E-state index contributed by atoms with van der Waals surface area (Å²) in [6, 6.07) is 26.9. The highest BCUT2D eigenvalue weighted by Crippen LogP contribution is 2.46. The van der Waals surface area contributed by atoms with E-state index in [4.69, 9.17) is 9.53 Å². The summed E-state index contributed by atoms with van der Waals surface area (Å²) < 4.78 is 6.14. The summed E-state index contributed by atoms with van der Waals surface area (Å²) in [5, 5.41) is 4.41. The molecule has 0 aliphatic carbocycles. The molecule has 1 saturated heterocycles. The van der Waals surface area contributed by atoms with Crippen LogP contribution in [0.4, 0.5) is 0 Å². The number of rotatable bonds is 7. The van der Waals surface area contributed by atoms with Crippen LogP contribution in [0.2, 0.25) is 0 Å². The maximum Gasteiger partial charge on any atom is 0.340 e. The highest BCUT2D eigenvalue weighted by Gasteiger charge is 2.48. The average molecular weight is 615 g/mol. The molecule has 1 N–H and O–H groups in total. The molecule has 2 unspecified atom stereocenters. The molecule has 6 heteroatoms. The van der Waals surface area contributed by atoms with Crippen LogP contribution >= 0.6 is 9.24 Å². The number of hydrogen-bond donors (Lipinski definition) is 1. The first-order valence-electron chi connectivity index (χ1n) is 15.3. The zero-order valence-electron chi connectivity index (χ0n) is 27.3. The number of esters is 1. The van der Waals surface area contributed by atoms with Crippen LogP contribution in [0.25, 0.3) is 16.7 Å². The lowest BCUT2D eigenvalue weighted by Crippen LogP contribution is -2.49. The quantitative estimate of drug-likeness (QED) is 0.164. The molecule has 2 aliphatic heterocycles. The van der Waals surface area contributed by atoms with Gasteiger partial charge in [0.15, 0.2) is 5.60 Å². The molecule has 2 atom stereocenters. The maximum absolute atomic E-state index is 13.2. The lowest BCUT2D eigenvalue weighted by molar-refractivity contribution is -0.148. The molecule has 0 bridgehead atoms. The topological polar surface area (TPSA) is 58.6 Å². The van der Waals surface area contributed by atoms with Gasteiger partial charge in [-0.05, 0) is 54.1 Å². The Morgan fingerprint density at radius 1 is 0.932 bits per heavy atom. The van der Waals surface area contributed by atoms with Crippen molar-refractivity contribution >= 4 is 27.6 Å². The highest BCUT2D eigenvalue weighted by molar-refractivity contribution is 7.23. The monoisotopic (exact) mass is 614 g/mol. The van der Waals surface area contributed by atoms with Crippen molar-refractivity contribution in [1.29, 1.82) is 0 Å². The molecule has 3 aromatic rings. The Bertz CT molecular complexity index is 1340. The van der Waals surface area contributed by atoms with Gasteiger partial charge in [0.05, 0.1) is 5.57 Å². The first kappa shape index (κ1) is 38.2. The molecular formula is C38H51N2O3P. The Kier molecular flexibility index (Phi) is 17.6. The van der Waals surface area contributed by atoms with E-state index in [9.17, 15) is 4.79 Å². The molecule has 2 heterocycles. The fourth-order valence-corrected chi connectivity index (χ4v) is 5.93. The second-order valence-corrected chi connectivity index (χ2v) is 10.4. The van der Waals surface area contributed by atoms with Gasteiger partial charge in [-0.2, -0.15) is 0 Å². The first-order chi connectivity index (χ1) is 21.4. The third-order valence-electron chi connectivity index (χ3n) is 7.19. The second kappa shape index (κ2) is 20.2. The average Bonchev–Trinajstić information content (AvgIpc) is 3.32. The molecule has 1 fully saturated rings. The third-order valence-corrected chi connectivity index (χ3v) is 8.00. The van der Waals surface area contributed by atoms with Crippen LogP contribution in [0.15, 0.2) is 110 Å². The third kappa shape index (κ3) is 9.87. The van der Waals surface area contributed by atoms with Crippen LogP contribution in [0.5, 0.6) is 0 Å². The van der Waals surface area contributed by atoms with Crippen molar-refractivity contribution in [2.75, 3.05) is 19.6 Å². The SMILES string of the molecule is C=C.C=C(CN1CCCC2(C1)OC(=O)C(c1ccc(-c3ccccc3)c(C)c1)=C2P)NCc1ccccc1.C=O.CC.CC. The number of nitrogens with zero attached hydrogens (tertiary/aromatic N) is 1. The van der Waals surface area contributed by atoms with E-state index in [2.05, 4.69) is 82.5 Å². The molecule has 0 radical (unpaired) electrons. The minimum atomic E-state index is -0.596. The fraction of sp³-hybridized carbons (Fsp3) is 0.316. The van der Waals surface area contributed by atoms with Crippen LogP contribution < -0.4 is 5.32 Å². The van der Waals surface area contributed by atoms with Crippen molar-refractivity contribution in [3.05, 3.63) is 126 Å². The standard InChI is InChI=1S/C31H33N2O2P.2C2H6.C2H4.CH2O/c1-22-18-26(14-15-27(22)25-12-7-4-8-13-25)28-29(36)31(35-30(28)34)16-9-17-33(21-31)20-23(2)32-19-24-10-5-3-6-11-24;4*1-2/h3-8,10-15,18,32H,2,9,16-17,19-21,36H2,1H3;2*1-2H3;1-2H2;1H2. The van der Waals surface area contributed by atoms with Gasteiger partial charge in [0.1, 0.15) is 6.79 Å².